The average molecular weight is 214 g/mol. The van der Waals surface area contributed by atoms with Gasteiger partial charge in [-0.3, -0.25) is 14.4 Å². The third-order valence-corrected chi connectivity index (χ3v) is 2.37. The van der Waals surface area contributed by atoms with Gasteiger partial charge in [0, 0.05) is 6.42 Å². The molecule has 0 radical (unpaired) electrons. The van der Waals surface area contributed by atoms with Crippen LogP contribution in [0.4, 0.5) is 0 Å². The van der Waals surface area contributed by atoms with Crippen molar-refractivity contribution in [2.75, 3.05) is 0 Å². The third-order valence-electron chi connectivity index (χ3n) is 2.37. The molecule has 0 aromatic rings. The Morgan fingerprint density at radius 3 is 2.53 bits per heavy atom. The second kappa shape index (κ2) is 4.42. The van der Waals surface area contributed by atoms with Crippen LogP contribution in [0.3, 0.4) is 0 Å². The highest BCUT2D eigenvalue weighted by molar-refractivity contribution is 6.04. The van der Waals surface area contributed by atoms with Gasteiger partial charge in [-0.2, -0.15) is 0 Å². The lowest BCUT2D eigenvalue weighted by atomic mass is 9.96. The van der Waals surface area contributed by atoms with E-state index >= 15 is 0 Å². The van der Waals surface area contributed by atoms with Crippen LogP contribution in [-0.2, 0) is 19.1 Å². The molecular formula is C10H14O5. The van der Waals surface area contributed by atoms with Crippen molar-refractivity contribution in [3.63, 3.8) is 0 Å². The first-order chi connectivity index (χ1) is 6.93. The maximum absolute atomic E-state index is 11.5. The third kappa shape index (κ3) is 2.55. The SMILES string of the molecule is CC(C)OC(=O)[C@@H]1C(=O)CC[C@H]1C(=O)O. The summed E-state index contributed by atoms with van der Waals surface area (Å²) in [5.74, 6) is -4.16. The molecule has 15 heavy (non-hydrogen) atoms. The largest absolute Gasteiger partial charge is 0.481 e. The van der Waals surface area contributed by atoms with Crippen LogP contribution >= 0.6 is 0 Å². The van der Waals surface area contributed by atoms with Crippen LogP contribution in [0.1, 0.15) is 26.7 Å². The second-order valence-electron chi connectivity index (χ2n) is 3.91. The molecule has 0 aromatic carbocycles. The molecule has 0 amide bonds. The summed E-state index contributed by atoms with van der Waals surface area (Å²) in [4.78, 5) is 33.6. The van der Waals surface area contributed by atoms with Gasteiger partial charge in [-0.15, -0.1) is 0 Å². The van der Waals surface area contributed by atoms with Crippen LogP contribution in [-0.4, -0.2) is 28.9 Å². The number of hydrogen-bond acceptors (Lipinski definition) is 4. The fraction of sp³-hybridized carbons (Fsp3) is 0.700. The lowest BCUT2D eigenvalue weighted by Gasteiger charge is -2.15. The van der Waals surface area contributed by atoms with E-state index in [0.717, 1.165) is 0 Å². The molecule has 1 saturated carbocycles. The van der Waals surface area contributed by atoms with Crippen molar-refractivity contribution < 1.29 is 24.2 Å². The minimum atomic E-state index is -1.11. The van der Waals surface area contributed by atoms with Crippen LogP contribution in [0.25, 0.3) is 0 Å². The Kier molecular flexibility index (Phi) is 3.44. The smallest absolute Gasteiger partial charge is 0.317 e. The first-order valence-corrected chi connectivity index (χ1v) is 4.89. The number of carbonyl (C=O) groups is 3. The van der Waals surface area contributed by atoms with E-state index in [9.17, 15) is 14.4 Å². The molecule has 0 saturated heterocycles. The summed E-state index contributed by atoms with van der Waals surface area (Å²) < 4.78 is 4.86. The monoisotopic (exact) mass is 214 g/mol. The van der Waals surface area contributed by atoms with Gasteiger partial charge in [-0.05, 0) is 20.3 Å². The summed E-state index contributed by atoms with van der Waals surface area (Å²) in [6.07, 6.45) is 0.0428. The Hall–Kier alpha value is -1.39. The molecule has 0 unspecified atom stereocenters. The number of ether oxygens (including phenoxy) is 1. The van der Waals surface area contributed by atoms with Gasteiger partial charge in [0.05, 0.1) is 12.0 Å². The lowest BCUT2D eigenvalue weighted by molar-refractivity contribution is -0.161. The van der Waals surface area contributed by atoms with Gasteiger partial charge in [-0.1, -0.05) is 0 Å². The van der Waals surface area contributed by atoms with Crippen molar-refractivity contribution in [3.05, 3.63) is 0 Å². The van der Waals surface area contributed by atoms with Crippen molar-refractivity contribution in [2.45, 2.75) is 32.8 Å². The van der Waals surface area contributed by atoms with Crippen LogP contribution in [0.15, 0.2) is 0 Å². The van der Waals surface area contributed by atoms with E-state index in [1.807, 2.05) is 0 Å². The molecule has 0 heterocycles. The first kappa shape index (κ1) is 11.7. The molecular weight excluding hydrogens is 200 g/mol. The van der Waals surface area contributed by atoms with Crippen LogP contribution < -0.4 is 0 Å². The molecule has 1 aliphatic carbocycles. The molecule has 0 aromatic heterocycles. The number of esters is 1. The lowest BCUT2D eigenvalue weighted by Crippen LogP contribution is -2.32. The Balaban J connectivity index is 2.76. The molecule has 0 spiro atoms. The van der Waals surface area contributed by atoms with Gasteiger partial charge < -0.3 is 9.84 Å². The predicted molar refractivity (Wildman–Crippen MR) is 50.1 cm³/mol. The van der Waals surface area contributed by atoms with E-state index in [2.05, 4.69) is 0 Å². The van der Waals surface area contributed by atoms with E-state index in [4.69, 9.17) is 9.84 Å². The quantitative estimate of drug-likeness (QED) is 0.550. The summed E-state index contributed by atoms with van der Waals surface area (Å²) in [6.45, 7) is 3.32. The van der Waals surface area contributed by atoms with Crippen LogP contribution in [0.2, 0.25) is 0 Å². The van der Waals surface area contributed by atoms with E-state index in [1.54, 1.807) is 13.8 Å². The van der Waals surface area contributed by atoms with Crippen LogP contribution in [0, 0.1) is 11.8 Å². The topological polar surface area (TPSA) is 80.7 Å². The fourth-order valence-corrected chi connectivity index (χ4v) is 1.71. The average Bonchev–Trinajstić information content (AvgIpc) is 2.45. The Morgan fingerprint density at radius 2 is 2.07 bits per heavy atom. The number of carbonyl (C=O) groups excluding carboxylic acids is 2. The summed E-state index contributed by atoms with van der Waals surface area (Å²) in [6, 6.07) is 0. The summed E-state index contributed by atoms with van der Waals surface area (Å²) >= 11 is 0. The zero-order chi connectivity index (χ0) is 11.6. The highest BCUT2D eigenvalue weighted by atomic mass is 16.5. The zero-order valence-corrected chi connectivity index (χ0v) is 8.73. The summed E-state index contributed by atoms with van der Waals surface area (Å²) in [5, 5.41) is 8.82. The number of ketones is 1. The number of hydrogen-bond donors (Lipinski definition) is 1. The fourth-order valence-electron chi connectivity index (χ4n) is 1.71. The van der Waals surface area contributed by atoms with Crippen molar-refractivity contribution >= 4 is 17.7 Å². The molecule has 1 rings (SSSR count). The number of carboxylic acid groups (broad SMARTS) is 1. The van der Waals surface area contributed by atoms with E-state index in [0.29, 0.717) is 0 Å². The summed E-state index contributed by atoms with van der Waals surface area (Å²) in [5.41, 5.74) is 0. The Labute approximate surface area is 87.4 Å². The first-order valence-electron chi connectivity index (χ1n) is 4.89. The molecule has 0 bridgehead atoms. The zero-order valence-electron chi connectivity index (χ0n) is 8.73. The van der Waals surface area contributed by atoms with Crippen molar-refractivity contribution in [3.8, 4) is 0 Å². The highest BCUT2D eigenvalue weighted by Gasteiger charge is 2.45. The van der Waals surface area contributed by atoms with Gasteiger partial charge in [-0.25, -0.2) is 0 Å². The molecule has 84 valence electrons. The maximum atomic E-state index is 11.5. The minimum absolute atomic E-state index is 0.148. The van der Waals surface area contributed by atoms with Crippen molar-refractivity contribution in [1.29, 1.82) is 0 Å². The van der Waals surface area contributed by atoms with Gasteiger partial charge in [0.25, 0.3) is 0 Å². The number of rotatable bonds is 3. The number of Topliss-reactive ketones (excluding diaryl/α,β-unsaturated/α-hetero) is 1. The molecule has 1 aliphatic rings. The van der Waals surface area contributed by atoms with Gasteiger partial charge in [0.2, 0.25) is 0 Å². The molecule has 5 heteroatoms. The van der Waals surface area contributed by atoms with Gasteiger partial charge in [0.15, 0.2) is 0 Å². The number of aliphatic carboxylic acids is 1. The minimum Gasteiger partial charge on any atom is -0.481 e. The van der Waals surface area contributed by atoms with Crippen molar-refractivity contribution in [1.82, 2.24) is 0 Å². The number of carboxylic acids is 1. The van der Waals surface area contributed by atoms with Crippen molar-refractivity contribution in [2.24, 2.45) is 11.8 Å². The Bertz CT molecular complexity index is 294. The standard InChI is InChI=1S/C10H14O5/c1-5(2)15-10(14)8-6(9(12)13)3-4-7(8)11/h5-6,8H,3-4H2,1-2H3,(H,12,13)/t6-,8+/m1/s1. The Morgan fingerprint density at radius 1 is 1.47 bits per heavy atom. The van der Waals surface area contributed by atoms with E-state index < -0.39 is 23.8 Å². The molecule has 1 fully saturated rings. The molecule has 5 nitrogen and oxygen atoms in total. The predicted octanol–water partition coefficient (Wildman–Crippen LogP) is 0.618. The normalized spacial score (nSPS) is 25.7. The maximum Gasteiger partial charge on any atom is 0.317 e. The second-order valence-corrected chi connectivity index (χ2v) is 3.91. The molecule has 0 aliphatic heterocycles. The van der Waals surface area contributed by atoms with Gasteiger partial charge in [0.1, 0.15) is 11.7 Å². The summed E-state index contributed by atoms with van der Waals surface area (Å²) in [7, 11) is 0. The van der Waals surface area contributed by atoms with E-state index in [1.165, 1.54) is 0 Å². The molecule has 1 N–H and O–H groups in total. The molecule has 2 atom stereocenters. The highest BCUT2D eigenvalue weighted by Crippen LogP contribution is 2.30. The van der Waals surface area contributed by atoms with Crippen LogP contribution in [0.5, 0.6) is 0 Å². The van der Waals surface area contributed by atoms with E-state index in [-0.39, 0.29) is 24.7 Å². The van der Waals surface area contributed by atoms with Gasteiger partial charge >= 0.3 is 11.9 Å².